The lowest BCUT2D eigenvalue weighted by atomic mass is 10.2. The van der Waals surface area contributed by atoms with Crippen LogP contribution in [0.4, 0.5) is 0 Å². The lowest BCUT2D eigenvalue weighted by Gasteiger charge is -2.04. The van der Waals surface area contributed by atoms with E-state index in [2.05, 4.69) is 34.1 Å². The van der Waals surface area contributed by atoms with Gasteiger partial charge in [0.25, 0.3) is 0 Å². The second-order valence-electron chi connectivity index (χ2n) is 3.29. The SMILES string of the molecule is NCc1ccc(SC2CC2)c(Br)c1. The maximum atomic E-state index is 5.55. The Hall–Kier alpha value is 0.01000. The zero-order chi connectivity index (χ0) is 9.26. The molecule has 13 heavy (non-hydrogen) atoms. The minimum Gasteiger partial charge on any atom is -0.326 e. The second-order valence-corrected chi connectivity index (χ2v) is 5.48. The van der Waals surface area contributed by atoms with E-state index in [1.807, 2.05) is 11.8 Å². The molecule has 0 unspecified atom stereocenters. The Bertz CT molecular complexity index is 310. The van der Waals surface area contributed by atoms with Crippen LogP contribution in [-0.4, -0.2) is 5.25 Å². The molecule has 0 aliphatic heterocycles. The summed E-state index contributed by atoms with van der Waals surface area (Å²) in [5.41, 5.74) is 6.74. The van der Waals surface area contributed by atoms with Gasteiger partial charge >= 0.3 is 0 Å². The van der Waals surface area contributed by atoms with Crippen molar-refractivity contribution in [3.8, 4) is 0 Å². The molecule has 70 valence electrons. The largest absolute Gasteiger partial charge is 0.326 e. The maximum absolute atomic E-state index is 5.55. The third kappa shape index (κ3) is 2.48. The second kappa shape index (κ2) is 4.03. The lowest BCUT2D eigenvalue weighted by Crippen LogP contribution is -1.95. The monoisotopic (exact) mass is 257 g/mol. The van der Waals surface area contributed by atoms with Gasteiger partial charge < -0.3 is 5.73 Å². The maximum Gasteiger partial charge on any atom is 0.0314 e. The Balaban J connectivity index is 2.15. The quantitative estimate of drug-likeness (QED) is 0.901. The molecule has 1 aliphatic carbocycles. The molecule has 3 heteroatoms. The van der Waals surface area contributed by atoms with E-state index in [-0.39, 0.29) is 0 Å². The summed E-state index contributed by atoms with van der Waals surface area (Å²) in [6.45, 7) is 0.618. The van der Waals surface area contributed by atoms with E-state index < -0.39 is 0 Å². The number of nitrogens with two attached hydrogens (primary N) is 1. The van der Waals surface area contributed by atoms with Gasteiger partial charge in [-0.15, -0.1) is 11.8 Å². The fourth-order valence-corrected chi connectivity index (χ4v) is 2.89. The number of thioether (sulfide) groups is 1. The van der Waals surface area contributed by atoms with Crippen molar-refractivity contribution in [1.82, 2.24) is 0 Å². The van der Waals surface area contributed by atoms with Crippen molar-refractivity contribution in [3.63, 3.8) is 0 Å². The van der Waals surface area contributed by atoms with Crippen molar-refractivity contribution in [2.75, 3.05) is 0 Å². The molecule has 0 aromatic heterocycles. The number of benzene rings is 1. The molecule has 1 aromatic rings. The van der Waals surface area contributed by atoms with Crippen LogP contribution in [-0.2, 0) is 6.54 Å². The highest BCUT2D eigenvalue weighted by molar-refractivity contribution is 9.10. The molecule has 1 fully saturated rings. The van der Waals surface area contributed by atoms with Gasteiger partial charge in [0, 0.05) is 21.2 Å². The normalized spacial score (nSPS) is 16.2. The summed E-state index contributed by atoms with van der Waals surface area (Å²) in [6, 6.07) is 6.38. The Kier molecular flexibility index (Phi) is 2.96. The minimum atomic E-state index is 0.618. The van der Waals surface area contributed by atoms with Gasteiger partial charge in [0.1, 0.15) is 0 Å². The molecule has 0 radical (unpaired) electrons. The van der Waals surface area contributed by atoms with Gasteiger partial charge in [-0.1, -0.05) is 6.07 Å². The van der Waals surface area contributed by atoms with Crippen molar-refractivity contribution in [2.45, 2.75) is 29.5 Å². The molecule has 0 heterocycles. The average molecular weight is 258 g/mol. The van der Waals surface area contributed by atoms with Crippen LogP contribution in [0.1, 0.15) is 18.4 Å². The number of halogens is 1. The first kappa shape index (κ1) is 9.56. The molecular formula is C10H12BrNS. The number of rotatable bonds is 3. The van der Waals surface area contributed by atoms with Crippen LogP contribution >= 0.6 is 27.7 Å². The van der Waals surface area contributed by atoms with Gasteiger partial charge in [-0.2, -0.15) is 0 Å². The van der Waals surface area contributed by atoms with E-state index in [0.29, 0.717) is 6.54 Å². The smallest absolute Gasteiger partial charge is 0.0314 e. The third-order valence-electron chi connectivity index (χ3n) is 2.05. The standard InChI is InChI=1S/C10H12BrNS/c11-9-5-7(6-12)1-4-10(9)13-8-2-3-8/h1,4-5,8H,2-3,6,12H2. The first-order chi connectivity index (χ1) is 6.29. The van der Waals surface area contributed by atoms with Crippen LogP contribution in [0.2, 0.25) is 0 Å². The van der Waals surface area contributed by atoms with Crippen LogP contribution in [0, 0.1) is 0 Å². The van der Waals surface area contributed by atoms with Crippen LogP contribution in [0.15, 0.2) is 27.6 Å². The van der Waals surface area contributed by atoms with E-state index >= 15 is 0 Å². The molecule has 0 saturated heterocycles. The van der Waals surface area contributed by atoms with E-state index in [1.54, 1.807) is 0 Å². The van der Waals surface area contributed by atoms with Gasteiger partial charge in [-0.05, 0) is 46.5 Å². The zero-order valence-corrected chi connectivity index (χ0v) is 9.70. The first-order valence-corrected chi connectivity index (χ1v) is 6.12. The van der Waals surface area contributed by atoms with Gasteiger partial charge in [0.15, 0.2) is 0 Å². The topological polar surface area (TPSA) is 26.0 Å². The molecule has 2 N–H and O–H groups in total. The van der Waals surface area contributed by atoms with E-state index in [4.69, 9.17) is 5.73 Å². The highest BCUT2D eigenvalue weighted by Crippen LogP contribution is 2.41. The molecule has 1 nitrogen and oxygen atoms in total. The van der Waals surface area contributed by atoms with Gasteiger partial charge in [0.2, 0.25) is 0 Å². The zero-order valence-electron chi connectivity index (χ0n) is 7.29. The lowest BCUT2D eigenvalue weighted by molar-refractivity contribution is 1.06. The van der Waals surface area contributed by atoms with E-state index in [0.717, 1.165) is 5.25 Å². The summed E-state index contributed by atoms with van der Waals surface area (Å²) in [5.74, 6) is 0. The summed E-state index contributed by atoms with van der Waals surface area (Å²) in [6.07, 6.45) is 2.74. The van der Waals surface area contributed by atoms with Crippen molar-refractivity contribution < 1.29 is 0 Å². The van der Waals surface area contributed by atoms with Crippen molar-refractivity contribution >= 4 is 27.7 Å². The molecule has 2 rings (SSSR count). The molecule has 1 aliphatic rings. The van der Waals surface area contributed by atoms with Gasteiger partial charge in [-0.25, -0.2) is 0 Å². The molecule has 0 atom stereocenters. The van der Waals surface area contributed by atoms with Gasteiger partial charge in [0.05, 0.1) is 0 Å². The van der Waals surface area contributed by atoms with Crippen molar-refractivity contribution in [2.24, 2.45) is 5.73 Å². The van der Waals surface area contributed by atoms with Crippen LogP contribution in [0.5, 0.6) is 0 Å². The van der Waals surface area contributed by atoms with Crippen LogP contribution in [0.25, 0.3) is 0 Å². The summed E-state index contributed by atoms with van der Waals surface area (Å²) < 4.78 is 1.19. The summed E-state index contributed by atoms with van der Waals surface area (Å²) >= 11 is 5.54. The summed E-state index contributed by atoms with van der Waals surface area (Å²) in [5, 5.41) is 0.861. The predicted molar refractivity (Wildman–Crippen MR) is 60.9 cm³/mol. The van der Waals surface area contributed by atoms with Crippen LogP contribution < -0.4 is 5.73 Å². The number of hydrogen-bond donors (Lipinski definition) is 1. The summed E-state index contributed by atoms with van der Waals surface area (Å²) in [4.78, 5) is 1.35. The molecular weight excluding hydrogens is 246 g/mol. The predicted octanol–water partition coefficient (Wildman–Crippen LogP) is 3.16. The van der Waals surface area contributed by atoms with E-state index in [1.165, 1.54) is 27.8 Å². The van der Waals surface area contributed by atoms with Gasteiger partial charge in [-0.3, -0.25) is 0 Å². The fourth-order valence-electron chi connectivity index (χ4n) is 1.13. The molecule has 1 aromatic carbocycles. The molecule has 0 bridgehead atoms. The van der Waals surface area contributed by atoms with Crippen LogP contribution in [0.3, 0.4) is 0 Å². The Morgan fingerprint density at radius 1 is 1.46 bits per heavy atom. The average Bonchev–Trinajstić information content (AvgIpc) is 2.92. The Labute approximate surface area is 91.2 Å². The first-order valence-electron chi connectivity index (χ1n) is 4.45. The Morgan fingerprint density at radius 2 is 2.23 bits per heavy atom. The van der Waals surface area contributed by atoms with Crippen molar-refractivity contribution in [3.05, 3.63) is 28.2 Å². The van der Waals surface area contributed by atoms with Crippen molar-refractivity contribution in [1.29, 1.82) is 0 Å². The van der Waals surface area contributed by atoms with E-state index in [9.17, 15) is 0 Å². The third-order valence-corrected chi connectivity index (χ3v) is 4.38. The fraction of sp³-hybridized carbons (Fsp3) is 0.400. The Morgan fingerprint density at radius 3 is 2.77 bits per heavy atom. The molecule has 0 amide bonds. The molecule has 1 saturated carbocycles. The minimum absolute atomic E-state index is 0.618. The highest BCUT2D eigenvalue weighted by Gasteiger charge is 2.23. The number of hydrogen-bond acceptors (Lipinski definition) is 2. The summed E-state index contributed by atoms with van der Waals surface area (Å²) in [7, 11) is 0. The molecule has 0 spiro atoms. The highest BCUT2D eigenvalue weighted by atomic mass is 79.9.